The van der Waals surface area contributed by atoms with Crippen LogP contribution in [0.2, 0.25) is 0 Å². The summed E-state index contributed by atoms with van der Waals surface area (Å²) in [5.41, 5.74) is 1.72. The van der Waals surface area contributed by atoms with Crippen molar-refractivity contribution in [2.24, 2.45) is 5.92 Å². The van der Waals surface area contributed by atoms with Gasteiger partial charge in [-0.15, -0.1) is 0 Å². The van der Waals surface area contributed by atoms with E-state index in [-0.39, 0.29) is 11.3 Å². The normalized spacial score (nSPS) is 16.9. The second-order valence-electron chi connectivity index (χ2n) is 8.85. The Morgan fingerprint density at radius 2 is 1.64 bits per heavy atom. The Bertz CT molecular complexity index is 1310. The molecule has 0 aromatic heterocycles. The van der Waals surface area contributed by atoms with Gasteiger partial charge in [0.25, 0.3) is 11.7 Å². The van der Waals surface area contributed by atoms with Gasteiger partial charge in [0, 0.05) is 11.3 Å². The van der Waals surface area contributed by atoms with Crippen molar-refractivity contribution in [1.82, 2.24) is 0 Å². The molecule has 0 saturated carbocycles. The number of aliphatic hydroxyl groups excluding tert-OH is 1. The molecule has 3 aromatic carbocycles. The van der Waals surface area contributed by atoms with E-state index in [9.17, 15) is 19.5 Å². The van der Waals surface area contributed by atoms with E-state index in [0.29, 0.717) is 40.7 Å². The summed E-state index contributed by atoms with van der Waals surface area (Å²) in [7, 11) is 1.28. The zero-order chi connectivity index (χ0) is 25.8. The van der Waals surface area contributed by atoms with Gasteiger partial charge in [-0.3, -0.25) is 14.5 Å². The van der Waals surface area contributed by atoms with E-state index in [2.05, 4.69) is 0 Å². The van der Waals surface area contributed by atoms with E-state index >= 15 is 0 Å². The smallest absolute Gasteiger partial charge is 0.337 e. The van der Waals surface area contributed by atoms with Gasteiger partial charge in [-0.1, -0.05) is 56.3 Å². The summed E-state index contributed by atoms with van der Waals surface area (Å²) in [6.07, 6.45) is 0. The number of methoxy groups -OCH3 is 1. The molecule has 1 heterocycles. The molecule has 0 radical (unpaired) electrons. The lowest BCUT2D eigenvalue weighted by Gasteiger charge is -2.25. The average Bonchev–Trinajstić information content (AvgIpc) is 3.17. The van der Waals surface area contributed by atoms with Gasteiger partial charge >= 0.3 is 5.97 Å². The topological polar surface area (TPSA) is 93.1 Å². The maximum Gasteiger partial charge on any atom is 0.337 e. The molecule has 1 amide bonds. The summed E-state index contributed by atoms with van der Waals surface area (Å²) in [6, 6.07) is 21.2. The van der Waals surface area contributed by atoms with E-state index < -0.39 is 23.7 Å². The highest BCUT2D eigenvalue weighted by atomic mass is 16.5. The van der Waals surface area contributed by atoms with Crippen molar-refractivity contribution in [1.29, 1.82) is 0 Å². The van der Waals surface area contributed by atoms with Crippen LogP contribution in [0.15, 0.2) is 84.4 Å². The molecule has 4 rings (SSSR count). The molecule has 1 unspecified atom stereocenters. The first-order valence-corrected chi connectivity index (χ1v) is 11.6. The van der Waals surface area contributed by atoms with Crippen molar-refractivity contribution >= 4 is 29.1 Å². The molecule has 184 valence electrons. The molecule has 0 spiro atoms. The Labute approximate surface area is 209 Å². The minimum absolute atomic E-state index is 0.0238. The SMILES string of the molecule is COC(=O)c1ccc(N2C(=O)C(=O)/C(=C(/O)c3cccc(OCC(C)C)c3)C2c2ccccc2)cc1. The van der Waals surface area contributed by atoms with Gasteiger partial charge < -0.3 is 14.6 Å². The molecule has 1 aliphatic heterocycles. The largest absolute Gasteiger partial charge is 0.507 e. The molecule has 7 heteroatoms. The maximum absolute atomic E-state index is 13.3. The number of benzene rings is 3. The molecule has 1 fully saturated rings. The fourth-order valence-electron chi connectivity index (χ4n) is 4.08. The summed E-state index contributed by atoms with van der Waals surface area (Å²) in [5, 5.41) is 11.3. The van der Waals surface area contributed by atoms with Crippen LogP contribution in [0.25, 0.3) is 5.76 Å². The van der Waals surface area contributed by atoms with E-state index in [0.717, 1.165) is 0 Å². The minimum Gasteiger partial charge on any atom is -0.507 e. The summed E-state index contributed by atoms with van der Waals surface area (Å²) in [6.45, 7) is 4.56. The molecule has 7 nitrogen and oxygen atoms in total. The first-order chi connectivity index (χ1) is 17.3. The van der Waals surface area contributed by atoms with Crippen LogP contribution in [-0.2, 0) is 14.3 Å². The van der Waals surface area contributed by atoms with Gasteiger partial charge in [0.15, 0.2) is 0 Å². The lowest BCUT2D eigenvalue weighted by Crippen LogP contribution is -2.29. The average molecular weight is 486 g/mol. The van der Waals surface area contributed by atoms with Crippen LogP contribution in [-0.4, -0.2) is 36.5 Å². The zero-order valence-corrected chi connectivity index (χ0v) is 20.3. The van der Waals surface area contributed by atoms with E-state index in [4.69, 9.17) is 9.47 Å². The van der Waals surface area contributed by atoms with Crippen LogP contribution in [0.5, 0.6) is 5.75 Å². The van der Waals surface area contributed by atoms with E-state index in [1.165, 1.54) is 24.1 Å². The van der Waals surface area contributed by atoms with Crippen molar-refractivity contribution in [3.63, 3.8) is 0 Å². The number of ketones is 1. The van der Waals surface area contributed by atoms with Crippen LogP contribution in [0.3, 0.4) is 0 Å². The summed E-state index contributed by atoms with van der Waals surface area (Å²) >= 11 is 0. The number of ether oxygens (including phenoxy) is 2. The van der Waals surface area contributed by atoms with Gasteiger partial charge in [0.1, 0.15) is 11.5 Å². The quantitative estimate of drug-likeness (QED) is 0.216. The molecule has 1 aliphatic rings. The van der Waals surface area contributed by atoms with Gasteiger partial charge in [0.05, 0.1) is 30.9 Å². The highest BCUT2D eigenvalue weighted by Crippen LogP contribution is 2.42. The number of amides is 1. The number of hydrogen-bond acceptors (Lipinski definition) is 6. The van der Waals surface area contributed by atoms with Crippen molar-refractivity contribution in [3.8, 4) is 5.75 Å². The predicted octanol–water partition coefficient (Wildman–Crippen LogP) is 5.13. The first kappa shape index (κ1) is 24.7. The third-order valence-corrected chi connectivity index (χ3v) is 5.82. The van der Waals surface area contributed by atoms with Crippen molar-refractivity contribution in [2.75, 3.05) is 18.6 Å². The standard InChI is InChI=1S/C29H27NO6/c1-18(2)17-36-23-11-7-10-21(16-23)26(31)24-25(19-8-5-4-6-9-19)30(28(33)27(24)32)22-14-12-20(13-15-22)29(34)35-3/h4-16,18,25,31H,17H2,1-3H3/b26-24+. The van der Waals surface area contributed by atoms with Crippen molar-refractivity contribution in [2.45, 2.75) is 19.9 Å². The van der Waals surface area contributed by atoms with Gasteiger partial charge in [0.2, 0.25) is 0 Å². The van der Waals surface area contributed by atoms with Gasteiger partial charge in [-0.05, 0) is 47.9 Å². The number of esters is 1. The fraction of sp³-hybridized carbons (Fsp3) is 0.207. The van der Waals surface area contributed by atoms with Gasteiger partial charge in [-0.25, -0.2) is 4.79 Å². The number of nitrogens with zero attached hydrogens (tertiary/aromatic N) is 1. The Balaban J connectivity index is 1.82. The lowest BCUT2D eigenvalue weighted by molar-refractivity contribution is -0.132. The minimum atomic E-state index is -0.865. The van der Waals surface area contributed by atoms with Crippen molar-refractivity contribution in [3.05, 3.63) is 101 Å². The second-order valence-corrected chi connectivity index (χ2v) is 8.85. The lowest BCUT2D eigenvalue weighted by atomic mass is 9.95. The third-order valence-electron chi connectivity index (χ3n) is 5.82. The molecule has 1 atom stereocenters. The Morgan fingerprint density at radius 1 is 0.944 bits per heavy atom. The highest BCUT2D eigenvalue weighted by molar-refractivity contribution is 6.51. The monoisotopic (exact) mass is 485 g/mol. The van der Waals surface area contributed by atoms with E-state index in [1.807, 2.05) is 19.9 Å². The number of carbonyl (C=O) groups excluding carboxylic acids is 3. The maximum atomic E-state index is 13.3. The first-order valence-electron chi connectivity index (χ1n) is 11.6. The molecule has 36 heavy (non-hydrogen) atoms. The summed E-state index contributed by atoms with van der Waals surface area (Å²) in [5.74, 6) is -1.50. The molecular formula is C29H27NO6. The van der Waals surface area contributed by atoms with Crippen LogP contribution in [0.4, 0.5) is 5.69 Å². The van der Waals surface area contributed by atoms with Crippen LogP contribution in [0.1, 0.15) is 41.4 Å². The number of anilines is 1. The van der Waals surface area contributed by atoms with Crippen LogP contribution in [0, 0.1) is 5.92 Å². The molecule has 1 saturated heterocycles. The summed E-state index contributed by atoms with van der Waals surface area (Å²) < 4.78 is 10.5. The molecule has 0 bridgehead atoms. The number of hydrogen-bond donors (Lipinski definition) is 1. The summed E-state index contributed by atoms with van der Waals surface area (Å²) in [4.78, 5) is 39.8. The molecule has 0 aliphatic carbocycles. The predicted molar refractivity (Wildman–Crippen MR) is 136 cm³/mol. The molecule has 1 N–H and O–H groups in total. The number of carbonyl (C=O) groups is 3. The highest BCUT2D eigenvalue weighted by Gasteiger charge is 2.47. The number of aliphatic hydroxyl groups is 1. The van der Waals surface area contributed by atoms with Crippen LogP contribution < -0.4 is 9.64 Å². The number of Topliss-reactive ketones (excluding diaryl/α,β-unsaturated/α-hetero) is 1. The zero-order valence-electron chi connectivity index (χ0n) is 20.3. The van der Waals surface area contributed by atoms with Gasteiger partial charge in [-0.2, -0.15) is 0 Å². The Kier molecular flexibility index (Phi) is 7.20. The Morgan fingerprint density at radius 3 is 2.28 bits per heavy atom. The second kappa shape index (κ2) is 10.5. The van der Waals surface area contributed by atoms with Crippen molar-refractivity contribution < 1.29 is 29.0 Å². The third kappa shape index (κ3) is 4.86. The Hall–Kier alpha value is -4.39. The fourth-order valence-corrected chi connectivity index (χ4v) is 4.08. The molecular weight excluding hydrogens is 458 g/mol. The molecule has 3 aromatic rings. The van der Waals surface area contributed by atoms with Crippen LogP contribution >= 0.6 is 0 Å². The van der Waals surface area contributed by atoms with E-state index in [1.54, 1.807) is 60.7 Å². The number of rotatable bonds is 7.